The third-order valence-corrected chi connectivity index (χ3v) is 4.17. The maximum Gasteiger partial charge on any atom is 0.178 e. The molecule has 0 aliphatic rings. The van der Waals surface area contributed by atoms with Crippen LogP contribution < -0.4 is 0 Å². The monoisotopic (exact) mass is 361 g/mol. The number of hydrogen-bond donors (Lipinski definition) is 1. The minimum Gasteiger partial charge on any atom is -0.330 e. The fourth-order valence-electron chi connectivity index (χ4n) is 2.18. The highest BCUT2D eigenvalue weighted by Crippen LogP contribution is 2.24. The minimum absolute atomic E-state index is 0.329. The van der Waals surface area contributed by atoms with Gasteiger partial charge in [0.05, 0.1) is 33.7 Å². The molecule has 6 heteroatoms. The zero-order chi connectivity index (χ0) is 15.0. The predicted octanol–water partition coefficient (Wildman–Crippen LogP) is 4.52. The molecule has 0 bridgehead atoms. The Labute approximate surface area is 133 Å². The molecule has 104 valence electrons. The van der Waals surface area contributed by atoms with Crippen LogP contribution in [-0.4, -0.2) is 9.55 Å². The molecule has 1 N–H and O–H groups in total. The van der Waals surface area contributed by atoms with Crippen molar-refractivity contribution in [2.45, 2.75) is 6.54 Å². The van der Waals surface area contributed by atoms with Gasteiger partial charge in [-0.15, -0.1) is 0 Å². The molecule has 0 radical (unpaired) electrons. The lowest BCUT2D eigenvalue weighted by Gasteiger charge is -2.05. The second-order valence-corrected chi connectivity index (χ2v) is 5.85. The van der Waals surface area contributed by atoms with E-state index >= 15 is 0 Å². The average molecular weight is 362 g/mol. The Morgan fingerprint density at radius 3 is 2.67 bits per heavy atom. The van der Waals surface area contributed by atoms with E-state index < -0.39 is 0 Å². The van der Waals surface area contributed by atoms with Crippen molar-refractivity contribution in [1.82, 2.24) is 9.55 Å². The Morgan fingerprint density at radius 2 is 2.00 bits per heavy atom. The highest BCUT2D eigenvalue weighted by Gasteiger charge is 2.09. The third kappa shape index (κ3) is 2.62. The molecule has 21 heavy (non-hydrogen) atoms. The number of nitriles is 1. The predicted molar refractivity (Wildman–Crippen MR) is 85.0 cm³/mol. The standard InChI is InChI=1S/C15H9BrFN3S/c16-11-5-14-13(6-12(11)17)19-15(21)20(14)8-10-3-1-9(7-18)2-4-10/h1-6H,8H2,(H,19,21). The SMILES string of the molecule is N#Cc1ccc(Cn2c(=S)[nH]c3cc(F)c(Br)cc32)cc1. The fourth-order valence-corrected chi connectivity index (χ4v) is 2.78. The van der Waals surface area contributed by atoms with Crippen molar-refractivity contribution in [3.8, 4) is 6.07 Å². The van der Waals surface area contributed by atoms with E-state index in [1.54, 1.807) is 18.2 Å². The summed E-state index contributed by atoms with van der Waals surface area (Å²) in [5, 5.41) is 8.81. The van der Waals surface area contributed by atoms with Crippen molar-refractivity contribution in [2.24, 2.45) is 0 Å². The highest BCUT2D eigenvalue weighted by atomic mass is 79.9. The van der Waals surface area contributed by atoms with E-state index in [4.69, 9.17) is 17.5 Å². The molecule has 0 aliphatic heterocycles. The Morgan fingerprint density at radius 1 is 1.29 bits per heavy atom. The fraction of sp³-hybridized carbons (Fsp3) is 0.0667. The minimum atomic E-state index is -0.329. The summed E-state index contributed by atoms with van der Waals surface area (Å²) in [5.41, 5.74) is 3.13. The van der Waals surface area contributed by atoms with Crippen LogP contribution in [0.3, 0.4) is 0 Å². The molecule has 3 aromatic rings. The van der Waals surface area contributed by atoms with E-state index in [2.05, 4.69) is 27.0 Å². The lowest BCUT2D eigenvalue weighted by molar-refractivity contribution is 0.622. The summed E-state index contributed by atoms with van der Waals surface area (Å²) in [6.07, 6.45) is 0. The molecule has 1 heterocycles. The summed E-state index contributed by atoms with van der Waals surface area (Å²) in [6.45, 7) is 0.558. The number of fused-ring (bicyclic) bond motifs is 1. The zero-order valence-corrected chi connectivity index (χ0v) is 13.1. The van der Waals surface area contributed by atoms with Gasteiger partial charge in [0, 0.05) is 6.07 Å². The molecule has 0 spiro atoms. The highest BCUT2D eigenvalue weighted by molar-refractivity contribution is 9.10. The molecule has 1 aromatic heterocycles. The van der Waals surface area contributed by atoms with Crippen LogP contribution in [0.1, 0.15) is 11.1 Å². The third-order valence-electron chi connectivity index (χ3n) is 3.24. The van der Waals surface area contributed by atoms with Crippen molar-refractivity contribution in [3.05, 3.63) is 62.6 Å². The molecular formula is C15H9BrFN3S. The molecule has 0 saturated carbocycles. The number of rotatable bonds is 2. The summed E-state index contributed by atoms with van der Waals surface area (Å²) >= 11 is 8.50. The molecule has 3 rings (SSSR count). The van der Waals surface area contributed by atoms with Crippen LogP contribution >= 0.6 is 28.1 Å². The van der Waals surface area contributed by atoms with Gasteiger partial charge in [0.25, 0.3) is 0 Å². The molecule has 0 amide bonds. The topological polar surface area (TPSA) is 44.5 Å². The first-order valence-corrected chi connectivity index (χ1v) is 7.35. The van der Waals surface area contributed by atoms with Crippen LogP contribution in [0.2, 0.25) is 0 Å². The van der Waals surface area contributed by atoms with E-state index in [9.17, 15) is 4.39 Å². The Balaban J connectivity index is 2.07. The van der Waals surface area contributed by atoms with Crippen LogP contribution in [0.4, 0.5) is 4.39 Å². The Hall–Kier alpha value is -1.97. The van der Waals surface area contributed by atoms with Crippen molar-refractivity contribution in [1.29, 1.82) is 5.26 Å². The van der Waals surface area contributed by atoms with Gasteiger partial charge in [-0.2, -0.15) is 5.26 Å². The van der Waals surface area contributed by atoms with Crippen LogP contribution in [0.15, 0.2) is 40.9 Å². The van der Waals surface area contributed by atoms with Crippen molar-refractivity contribution < 1.29 is 4.39 Å². The van der Waals surface area contributed by atoms with Gasteiger partial charge in [0.2, 0.25) is 0 Å². The second kappa shape index (κ2) is 5.43. The lowest BCUT2D eigenvalue weighted by atomic mass is 10.1. The van der Waals surface area contributed by atoms with Gasteiger partial charge < -0.3 is 9.55 Å². The van der Waals surface area contributed by atoms with Gasteiger partial charge in [-0.3, -0.25) is 0 Å². The largest absolute Gasteiger partial charge is 0.330 e. The zero-order valence-electron chi connectivity index (χ0n) is 10.7. The van der Waals surface area contributed by atoms with E-state index in [1.807, 2.05) is 16.7 Å². The number of aromatic amines is 1. The van der Waals surface area contributed by atoms with Crippen LogP contribution in [0.5, 0.6) is 0 Å². The van der Waals surface area contributed by atoms with Gasteiger partial charge >= 0.3 is 0 Å². The quantitative estimate of drug-likeness (QED) is 0.682. The van der Waals surface area contributed by atoms with Gasteiger partial charge in [0.1, 0.15) is 5.82 Å². The maximum absolute atomic E-state index is 13.6. The Bertz CT molecular complexity index is 919. The maximum atomic E-state index is 13.6. The summed E-state index contributed by atoms with van der Waals surface area (Å²) in [5.74, 6) is -0.329. The smallest absolute Gasteiger partial charge is 0.178 e. The molecule has 3 nitrogen and oxygen atoms in total. The average Bonchev–Trinajstić information content (AvgIpc) is 2.76. The summed E-state index contributed by atoms with van der Waals surface area (Å²) in [6, 6.07) is 12.5. The van der Waals surface area contributed by atoms with E-state index in [1.165, 1.54) is 6.07 Å². The molecule has 0 saturated heterocycles. The lowest BCUT2D eigenvalue weighted by Crippen LogP contribution is -1.99. The van der Waals surface area contributed by atoms with E-state index in [0.29, 0.717) is 26.9 Å². The van der Waals surface area contributed by atoms with Crippen molar-refractivity contribution >= 4 is 39.2 Å². The number of nitrogens with zero attached hydrogens (tertiary/aromatic N) is 2. The Kier molecular flexibility index (Phi) is 3.62. The van der Waals surface area contributed by atoms with Gasteiger partial charge in [0.15, 0.2) is 4.77 Å². The number of halogens is 2. The number of aromatic nitrogens is 2. The summed E-state index contributed by atoms with van der Waals surface area (Å²) in [7, 11) is 0. The number of imidazole rings is 1. The van der Waals surface area contributed by atoms with Crippen LogP contribution in [-0.2, 0) is 6.54 Å². The van der Waals surface area contributed by atoms with Gasteiger partial charge in [-0.1, -0.05) is 12.1 Å². The first-order chi connectivity index (χ1) is 10.1. The molecule has 2 aromatic carbocycles. The number of H-pyrrole nitrogens is 1. The number of nitrogens with one attached hydrogen (secondary N) is 1. The number of benzene rings is 2. The van der Waals surface area contributed by atoms with E-state index in [-0.39, 0.29) is 5.82 Å². The summed E-state index contributed by atoms with van der Waals surface area (Å²) < 4.78 is 16.4. The van der Waals surface area contributed by atoms with Crippen molar-refractivity contribution in [3.63, 3.8) is 0 Å². The molecular weight excluding hydrogens is 353 g/mol. The molecule has 0 unspecified atom stereocenters. The van der Waals surface area contributed by atoms with Crippen LogP contribution in [0, 0.1) is 21.9 Å². The summed E-state index contributed by atoms with van der Waals surface area (Å²) in [4.78, 5) is 3.00. The first-order valence-electron chi connectivity index (χ1n) is 6.15. The van der Waals surface area contributed by atoms with Crippen LogP contribution in [0.25, 0.3) is 11.0 Å². The molecule has 0 atom stereocenters. The number of hydrogen-bond acceptors (Lipinski definition) is 2. The molecule has 0 fully saturated rings. The normalized spacial score (nSPS) is 10.7. The van der Waals surface area contributed by atoms with E-state index in [0.717, 1.165) is 11.1 Å². The van der Waals surface area contributed by atoms with Gasteiger partial charge in [-0.05, 0) is 51.9 Å². The van der Waals surface area contributed by atoms with Gasteiger partial charge in [-0.25, -0.2) is 4.39 Å². The first kappa shape index (κ1) is 14.0. The second-order valence-electron chi connectivity index (χ2n) is 4.61. The van der Waals surface area contributed by atoms with Crippen molar-refractivity contribution in [2.75, 3.05) is 0 Å². The molecule has 0 aliphatic carbocycles.